The van der Waals surface area contributed by atoms with Crippen LogP contribution in [0.2, 0.25) is 0 Å². The fourth-order valence-electron chi connectivity index (χ4n) is 2.37. The summed E-state index contributed by atoms with van der Waals surface area (Å²) < 4.78 is 0. The highest BCUT2D eigenvalue weighted by molar-refractivity contribution is 5.81. The maximum atomic E-state index is 12.0. The van der Waals surface area contributed by atoms with Gasteiger partial charge in [-0.2, -0.15) is 5.21 Å². The minimum absolute atomic E-state index is 0.0227. The fourth-order valence-corrected chi connectivity index (χ4v) is 2.37. The second-order valence-corrected chi connectivity index (χ2v) is 5.10. The van der Waals surface area contributed by atoms with E-state index < -0.39 is 0 Å². The first-order valence-corrected chi connectivity index (χ1v) is 7.51. The Labute approximate surface area is 129 Å². The lowest BCUT2D eigenvalue weighted by molar-refractivity contribution is -0.126. The molecule has 0 saturated carbocycles. The van der Waals surface area contributed by atoms with Crippen LogP contribution in [-0.4, -0.2) is 68.7 Å². The van der Waals surface area contributed by atoms with E-state index in [1.54, 1.807) is 0 Å². The number of nitrogens with one attached hydrogen (secondary N) is 2. The minimum atomic E-state index is -0.250. The largest absolute Gasteiger partial charge is 0.483 e. The first-order valence-electron chi connectivity index (χ1n) is 7.51. The number of piperidine rings is 1. The van der Waals surface area contributed by atoms with Crippen LogP contribution in [0, 0.1) is 0 Å². The number of aryl methyl sites for hydroxylation is 1. The number of carbonyl (C=O) groups is 2. The van der Waals surface area contributed by atoms with Crippen molar-refractivity contribution in [3.63, 3.8) is 0 Å². The van der Waals surface area contributed by atoms with E-state index in [0.717, 1.165) is 25.9 Å². The average molecular weight is 312 g/mol. The molecule has 1 saturated heterocycles. The van der Waals surface area contributed by atoms with Gasteiger partial charge in [-0.15, -0.1) is 10.2 Å². The molecule has 124 valence electrons. The summed E-state index contributed by atoms with van der Waals surface area (Å²) in [6.07, 6.45) is 5.26. The molecule has 1 amide bonds. The van der Waals surface area contributed by atoms with E-state index in [9.17, 15) is 4.79 Å². The molecule has 0 bridgehead atoms. The van der Waals surface area contributed by atoms with Crippen molar-refractivity contribution in [1.29, 1.82) is 0 Å². The lowest BCUT2D eigenvalue weighted by Gasteiger charge is -2.31. The molecule has 3 N–H and O–H groups in total. The maximum absolute atomic E-state index is 12.0. The highest BCUT2D eigenvalue weighted by Gasteiger charge is 2.22. The molecule has 1 fully saturated rings. The van der Waals surface area contributed by atoms with Gasteiger partial charge in [0, 0.05) is 13.0 Å². The van der Waals surface area contributed by atoms with Crippen molar-refractivity contribution in [3.8, 4) is 0 Å². The van der Waals surface area contributed by atoms with E-state index in [0.29, 0.717) is 12.4 Å². The van der Waals surface area contributed by atoms with Crippen LogP contribution < -0.4 is 5.32 Å². The number of carboxylic acid groups (broad SMARTS) is 1. The molecule has 1 aliphatic heterocycles. The van der Waals surface area contributed by atoms with Crippen molar-refractivity contribution in [1.82, 2.24) is 30.8 Å². The molecule has 1 atom stereocenters. The van der Waals surface area contributed by atoms with E-state index in [2.05, 4.69) is 30.8 Å². The van der Waals surface area contributed by atoms with E-state index in [-0.39, 0.29) is 18.4 Å². The first kappa shape index (κ1) is 18.0. The molecule has 0 spiro atoms. The third-order valence-corrected chi connectivity index (χ3v) is 3.58. The van der Waals surface area contributed by atoms with E-state index in [1.165, 1.54) is 19.3 Å². The van der Waals surface area contributed by atoms with Crippen LogP contribution >= 0.6 is 0 Å². The molecule has 1 unspecified atom stereocenters. The molecule has 9 nitrogen and oxygen atoms in total. The predicted octanol–water partition coefficient (Wildman–Crippen LogP) is -0.176. The van der Waals surface area contributed by atoms with Crippen LogP contribution in [0.15, 0.2) is 0 Å². The third-order valence-electron chi connectivity index (χ3n) is 3.58. The topological polar surface area (TPSA) is 124 Å². The molecule has 0 aliphatic carbocycles. The number of H-pyrrole nitrogens is 1. The smallest absolute Gasteiger partial charge is 0.290 e. The van der Waals surface area contributed by atoms with Gasteiger partial charge in [-0.1, -0.05) is 11.6 Å². The fraction of sp³-hybridized carbons (Fsp3) is 0.769. The first-order chi connectivity index (χ1) is 10.7. The summed E-state index contributed by atoms with van der Waals surface area (Å²) in [6, 6.07) is -0.0227. The molecule has 9 heteroatoms. The normalized spacial score (nSPS) is 16.2. The number of hydrogen-bond acceptors (Lipinski definition) is 6. The SMILES string of the molecule is CC(C(=O)NCCCc1nn[nH]n1)N1CCCCC1.O=CO. The van der Waals surface area contributed by atoms with Crippen molar-refractivity contribution in [3.05, 3.63) is 5.82 Å². The van der Waals surface area contributed by atoms with Gasteiger partial charge in [-0.05, 0) is 39.3 Å². The number of likely N-dealkylation sites (tertiary alicyclic amines) is 1. The van der Waals surface area contributed by atoms with Crippen LogP contribution in [0.1, 0.15) is 38.4 Å². The summed E-state index contributed by atoms with van der Waals surface area (Å²) in [5, 5.41) is 23.5. The standard InChI is InChI=1S/C12H22N6O.CH2O2/c1-10(18-8-3-2-4-9-18)12(19)13-7-5-6-11-14-16-17-15-11;2-1-3/h10H,2-9H2,1H3,(H,13,19)(H,14,15,16,17);1H,(H,2,3). The second kappa shape index (κ2) is 10.7. The van der Waals surface area contributed by atoms with Crippen molar-refractivity contribution < 1.29 is 14.7 Å². The van der Waals surface area contributed by atoms with E-state index in [4.69, 9.17) is 9.90 Å². The molecule has 2 heterocycles. The second-order valence-electron chi connectivity index (χ2n) is 5.10. The summed E-state index contributed by atoms with van der Waals surface area (Å²) in [4.78, 5) is 22.6. The Morgan fingerprint density at radius 3 is 2.73 bits per heavy atom. The Morgan fingerprint density at radius 2 is 2.14 bits per heavy atom. The summed E-state index contributed by atoms with van der Waals surface area (Å²) in [6.45, 7) is 4.47. The quantitative estimate of drug-likeness (QED) is 0.492. The number of aromatic nitrogens is 4. The van der Waals surface area contributed by atoms with Crippen LogP contribution in [0.4, 0.5) is 0 Å². The van der Waals surface area contributed by atoms with Crippen molar-refractivity contribution in [2.75, 3.05) is 19.6 Å². The molecule has 0 radical (unpaired) electrons. The Morgan fingerprint density at radius 1 is 1.45 bits per heavy atom. The van der Waals surface area contributed by atoms with Gasteiger partial charge in [0.15, 0.2) is 5.82 Å². The monoisotopic (exact) mass is 312 g/mol. The number of aromatic amines is 1. The summed E-state index contributed by atoms with van der Waals surface area (Å²) in [5.41, 5.74) is 0. The molecular weight excluding hydrogens is 288 g/mol. The van der Waals surface area contributed by atoms with Crippen molar-refractivity contribution in [2.24, 2.45) is 0 Å². The number of rotatable bonds is 6. The Hall–Kier alpha value is -2.03. The Balaban J connectivity index is 0.000000745. The van der Waals surface area contributed by atoms with E-state index in [1.807, 2.05) is 6.92 Å². The number of amides is 1. The highest BCUT2D eigenvalue weighted by atomic mass is 16.3. The summed E-state index contributed by atoms with van der Waals surface area (Å²) in [5.74, 6) is 0.813. The van der Waals surface area contributed by atoms with Crippen LogP contribution in [0.25, 0.3) is 0 Å². The van der Waals surface area contributed by atoms with Gasteiger partial charge in [0.25, 0.3) is 6.47 Å². The molecule has 22 heavy (non-hydrogen) atoms. The molecule has 1 aromatic rings. The van der Waals surface area contributed by atoms with Gasteiger partial charge in [-0.3, -0.25) is 14.5 Å². The number of carbonyl (C=O) groups excluding carboxylic acids is 1. The van der Waals surface area contributed by atoms with Crippen LogP contribution in [0.5, 0.6) is 0 Å². The van der Waals surface area contributed by atoms with Crippen molar-refractivity contribution in [2.45, 2.75) is 45.1 Å². The summed E-state index contributed by atoms with van der Waals surface area (Å²) >= 11 is 0. The molecule has 1 aromatic heterocycles. The molecule has 0 aromatic carbocycles. The van der Waals surface area contributed by atoms with Crippen LogP contribution in [0.3, 0.4) is 0 Å². The zero-order chi connectivity index (χ0) is 16.2. The predicted molar refractivity (Wildman–Crippen MR) is 79.1 cm³/mol. The van der Waals surface area contributed by atoms with E-state index >= 15 is 0 Å². The Kier molecular flexibility index (Phi) is 8.73. The Bertz CT molecular complexity index is 419. The highest BCUT2D eigenvalue weighted by Crippen LogP contribution is 2.11. The zero-order valence-corrected chi connectivity index (χ0v) is 12.9. The lowest BCUT2D eigenvalue weighted by atomic mass is 10.1. The van der Waals surface area contributed by atoms with Gasteiger partial charge in [0.05, 0.1) is 6.04 Å². The number of hydrogen-bond donors (Lipinski definition) is 3. The van der Waals surface area contributed by atoms with Gasteiger partial charge in [0.1, 0.15) is 0 Å². The maximum Gasteiger partial charge on any atom is 0.290 e. The van der Waals surface area contributed by atoms with Gasteiger partial charge >= 0.3 is 0 Å². The molecular formula is C13H24N6O3. The minimum Gasteiger partial charge on any atom is -0.483 e. The van der Waals surface area contributed by atoms with Crippen LogP contribution in [-0.2, 0) is 16.0 Å². The molecule has 2 rings (SSSR count). The zero-order valence-electron chi connectivity index (χ0n) is 12.9. The summed E-state index contributed by atoms with van der Waals surface area (Å²) in [7, 11) is 0. The average Bonchev–Trinajstić information content (AvgIpc) is 3.05. The van der Waals surface area contributed by atoms with Gasteiger partial charge < -0.3 is 10.4 Å². The van der Waals surface area contributed by atoms with Crippen molar-refractivity contribution >= 4 is 12.4 Å². The third kappa shape index (κ3) is 6.61. The number of nitrogens with zero attached hydrogens (tertiary/aromatic N) is 4. The molecule has 1 aliphatic rings. The van der Waals surface area contributed by atoms with Gasteiger partial charge in [0.2, 0.25) is 5.91 Å². The lowest BCUT2D eigenvalue weighted by Crippen LogP contribution is -2.47. The van der Waals surface area contributed by atoms with Gasteiger partial charge in [-0.25, -0.2) is 0 Å². The number of tetrazole rings is 1.